The quantitative estimate of drug-likeness (QED) is 0.516. The van der Waals surface area contributed by atoms with E-state index in [4.69, 9.17) is 20.5 Å². The second-order valence-electron chi connectivity index (χ2n) is 5.54. The molecule has 2 rings (SSSR count). The minimum absolute atomic E-state index is 0.564. The summed E-state index contributed by atoms with van der Waals surface area (Å²) in [6.07, 6.45) is 2.77. The molecule has 26 heavy (non-hydrogen) atoms. The first-order valence-corrected chi connectivity index (χ1v) is 8.64. The van der Waals surface area contributed by atoms with Gasteiger partial charge in [0.2, 0.25) is 0 Å². The number of thiol groups is 1. The number of unbranched alkanes of at least 4 members (excludes halogenated alkanes) is 2. The van der Waals surface area contributed by atoms with Crippen molar-refractivity contribution < 1.29 is 14.3 Å². The van der Waals surface area contributed by atoms with Crippen molar-refractivity contribution >= 4 is 24.5 Å². The van der Waals surface area contributed by atoms with Crippen molar-refractivity contribution in [2.45, 2.75) is 19.3 Å². The number of anilines is 1. The van der Waals surface area contributed by atoms with E-state index in [0.717, 1.165) is 29.3 Å². The van der Waals surface area contributed by atoms with Crippen molar-refractivity contribution in [1.29, 1.82) is 5.26 Å². The number of carbonyl (C=O) groups is 1. The van der Waals surface area contributed by atoms with Crippen molar-refractivity contribution in [2.24, 2.45) is 5.73 Å². The van der Waals surface area contributed by atoms with Gasteiger partial charge in [-0.3, -0.25) is 0 Å². The SMILES string of the molecule is N#Cc1ccc(OCCCCCOc2cccc(N(S)C(N)=O)c2)cc1. The third-order valence-corrected chi connectivity index (χ3v) is 4.01. The number of nitriles is 1. The van der Waals surface area contributed by atoms with E-state index in [-0.39, 0.29) is 0 Å². The van der Waals surface area contributed by atoms with Gasteiger partial charge in [-0.25, -0.2) is 9.10 Å². The average Bonchev–Trinajstić information content (AvgIpc) is 2.67. The summed E-state index contributed by atoms with van der Waals surface area (Å²) in [6, 6.07) is 15.5. The van der Waals surface area contributed by atoms with E-state index < -0.39 is 6.03 Å². The Morgan fingerprint density at radius 1 is 1.04 bits per heavy atom. The van der Waals surface area contributed by atoms with Crippen LogP contribution in [0.4, 0.5) is 10.5 Å². The van der Waals surface area contributed by atoms with Gasteiger partial charge in [0.1, 0.15) is 11.5 Å². The molecule has 2 aromatic carbocycles. The van der Waals surface area contributed by atoms with Gasteiger partial charge in [0.25, 0.3) is 0 Å². The molecule has 0 aromatic heterocycles. The second kappa shape index (κ2) is 10.2. The number of primary amides is 1. The minimum atomic E-state index is -0.646. The number of hydrogen-bond acceptors (Lipinski definition) is 5. The summed E-state index contributed by atoms with van der Waals surface area (Å²) in [7, 11) is 0. The van der Waals surface area contributed by atoms with E-state index in [1.54, 1.807) is 42.5 Å². The monoisotopic (exact) mass is 371 g/mol. The Balaban J connectivity index is 1.62. The van der Waals surface area contributed by atoms with E-state index in [1.165, 1.54) is 0 Å². The third kappa shape index (κ3) is 6.22. The highest BCUT2D eigenvalue weighted by atomic mass is 32.1. The fraction of sp³-hybridized carbons (Fsp3) is 0.263. The summed E-state index contributed by atoms with van der Waals surface area (Å²) in [5.41, 5.74) is 6.37. The molecule has 0 heterocycles. The number of nitrogens with zero attached hydrogens (tertiary/aromatic N) is 2. The molecule has 6 nitrogen and oxygen atoms in total. The lowest BCUT2D eigenvalue weighted by molar-refractivity contribution is 0.257. The van der Waals surface area contributed by atoms with Crippen LogP contribution in [0.15, 0.2) is 48.5 Å². The topological polar surface area (TPSA) is 88.6 Å². The van der Waals surface area contributed by atoms with Crippen molar-refractivity contribution in [1.82, 2.24) is 0 Å². The summed E-state index contributed by atoms with van der Waals surface area (Å²) in [6.45, 7) is 1.19. The fourth-order valence-electron chi connectivity index (χ4n) is 2.22. The minimum Gasteiger partial charge on any atom is -0.494 e. The number of nitrogens with two attached hydrogens (primary N) is 1. The molecule has 136 valence electrons. The van der Waals surface area contributed by atoms with Gasteiger partial charge in [0.05, 0.1) is 30.5 Å². The van der Waals surface area contributed by atoms with Crippen molar-refractivity contribution in [2.75, 3.05) is 17.5 Å². The molecule has 0 radical (unpaired) electrons. The van der Waals surface area contributed by atoms with Gasteiger partial charge in [0.15, 0.2) is 0 Å². The van der Waals surface area contributed by atoms with Gasteiger partial charge in [-0.1, -0.05) is 18.9 Å². The van der Waals surface area contributed by atoms with E-state index in [1.807, 2.05) is 6.07 Å². The number of urea groups is 1. The van der Waals surface area contributed by atoms with Crippen LogP contribution in [0.25, 0.3) is 0 Å². The van der Waals surface area contributed by atoms with Crippen LogP contribution in [0, 0.1) is 11.3 Å². The van der Waals surface area contributed by atoms with Crippen molar-refractivity contribution in [3.63, 3.8) is 0 Å². The van der Waals surface area contributed by atoms with E-state index in [2.05, 4.69) is 18.9 Å². The average molecular weight is 371 g/mol. The number of carbonyl (C=O) groups excluding carboxylic acids is 1. The molecule has 0 aliphatic heterocycles. The first kappa shape index (κ1) is 19.5. The predicted molar refractivity (Wildman–Crippen MR) is 103 cm³/mol. The van der Waals surface area contributed by atoms with E-state index in [9.17, 15) is 4.79 Å². The lowest BCUT2D eigenvalue weighted by Crippen LogP contribution is -2.27. The maximum absolute atomic E-state index is 11.1. The molecular formula is C19H21N3O3S. The Hall–Kier alpha value is -2.85. The van der Waals surface area contributed by atoms with E-state index in [0.29, 0.717) is 30.2 Å². The molecule has 2 amide bonds. The Labute approximate surface area is 158 Å². The number of rotatable bonds is 9. The van der Waals surface area contributed by atoms with Crippen LogP contribution >= 0.6 is 12.8 Å². The normalized spacial score (nSPS) is 10.0. The molecule has 2 N–H and O–H groups in total. The van der Waals surface area contributed by atoms with Crippen LogP contribution in [0.5, 0.6) is 11.5 Å². The lowest BCUT2D eigenvalue weighted by atomic mass is 10.2. The first-order valence-electron chi connectivity index (χ1n) is 8.24. The molecular weight excluding hydrogens is 350 g/mol. The van der Waals surface area contributed by atoms with Gasteiger partial charge in [-0.15, -0.1) is 0 Å². The molecule has 0 saturated heterocycles. The Bertz CT molecular complexity index is 759. The molecule has 0 bridgehead atoms. The van der Waals surface area contributed by atoms with Crippen LogP contribution in [0.2, 0.25) is 0 Å². The van der Waals surface area contributed by atoms with Gasteiger partial charge in [0, 0.05) is 6.07 Å². The Morgan fingerprint density at radius 3 is 2.31 bits per heavy atom. The molecule has 0 unspecified atom stereocenters. The summed E-state index contributed by atoms with van der Waals surface area (Å²) in [4.78, 5) is 11.1. The largest absolute Gasteiger partial charge is 0.494 e. The predicted octanol–water partition coefficient (Wildman–Crippen LogP) is 3.92. The molecule has 0 saturated carbocycles. The number of hydrogen-bond donors (Lipinski definition) is 2. The second-order valence-corrected chi connectivity index (χ2v) is 5.94. The molecule has 0 fully saturated rings. The zero-order valence-electron chi connectivity index (χ0n) is 14.3. The highest BCUT2D eigenvalue weighted by Crippen LogP contribution is 2.22. The molecule has 2 aromatic rings. The number of amides is 2. The van der Waals surface area contributed by atoms with E-state index >= 15 is 0 Å². The van der Waals surface area contributed by atoms with Crippen LogP contribution < -0.4 is 19.5 Å². The van der Waals surface area contributed by atoms with Crippen LogP contribution in [0.3, 0.4) is 0 Å². The van der Waals surface area contributed by atoms with Gasteiger partial charge >= 0.3 is 6.03 Å². The molecule has 0 aliphatic carbocycles. The highest BCUT2D eigenvalue weighted by molar-refractivity contribution is 7.82. The van der Waals surface area contributed by atoms with Crippen molar-refractivity contribution in [3.05, 3.63) is 54.1 Å². The van der Waals surface area contributed by atoms with Gasteiger partial charge in [-0.05, 0) is 55.7 Å². The number of ether oxygens (including phenoxy) is 2. The van der Waals surface area contributed by atoms with Crippen LogP contribution in [0.1, 0.15) is 24.8 Å². The molecule has 0 atom stereocenters. The smallest absolute Gasteiger partial charge is 0.329 e. The van der Waals surface area contributed by atoms with Gasteiger partial charge in [-0.2, -0.15) is 5.26 Å². The van der Waals surface area contributed by atoms with Crippen LogP contribution in [-0.2, 0) is 0 Å². The lowest BCUT2D eigenvalue weighted by Gasteiger charge is -2.14. The Kier molecular flexibility index (Phi) is 7.65. The summed E-state index contributed by atoms with van der Waals surface area (Å²) >= 11 is 4.02. The van der Waals surface area contributed by atoms with Crippen LogP contribution in [-0.4, -0.2) is 19.2 Å². The maximum Gasteiger partial charge on any atom is 0.329 e. The highest BCUT2D eigenvalue weighted by Gasteiger charge is 2.08. The fourth-order valence-corrected chi connectivity index (χ4v) is 2.34. The third-order valence-electron chi connectivity index (χ3n) is 3.58. The Morgan fingerprint density at radius 2 is 1.69 bits per heavy atom. The molecule has 0 aliphatic rings. The first-order chi connectivity index (χ1) is 12.6. The van der Waals surface area contributed by atoms with Crippen molar-refractivity contribution in [3.8, 4) is 17.6 Å². The maximum atomic E-state index is 11.1. The standard InChI is InChI=1S/C19H21N3O3S/c20-14-15-7-9-17(10-8-15)24-11-2-1-3-12-25-18-6-4-5-16(13-18)22(26)19(21)23/h4-10,13,26H,1-3,11-12H2,(H2,21,23). The number of benzene rings is 2. The summed E-state index contributed by atoms with van der Waals surface area (Å²) < 4.78 is 12.4. The van der Waals surface area contributed by atoms with Gasteiger partial charge < -0.3 is 15.2 Å². The zero-order chi connectivity index (χ0) is 18.8. The zero-order valence-corrected chi connectivity index (χ0v) is 15.2. The summed E-state index contributed by atoms with van der Waals surface area (Å²) in [5.74, 6) is 1.43. The molecule has 7 heteroatoms. The molecule has 0 spiro atoms. The summed E-state index contributed by atoms with van der Waals surface area (Å²) in [5, 5.41) is 8.74.